The third-order valence-electron chi connectivity index (χ3n) is 2.78. The molecule has 84 valence electrons. The van der Waals surface area contributed by atoms with E-state index in [2.05, 4.69) is 50.9 Å². The first-order valence-electron chi connectivity index (χ1n) is 5.58. The van der Waals surface area contributed by atoms with Crippen molar-refractivity contribution in [1.29, 1.82) is 0 Å². The highest BCUT2D eigenvalue weighted by molar-refractivity contribution is 5.55. The van der Waals surface area contributed by atoms with E-state index in [-0.39, 0.29) is 0 Å². The average molecular weight is 206 g/mol. The zero-order chi connectivity index (χ0) is 11.4. The molecule has 0 aliphatic rings. The lowest BCUT2D eigenvalue weighted by Gasteiger charge is -2.22. The Morgan fingerprint density at radius 2 is 2.00 bits per heavy atom. The Morgan fingerprint density at radius 1 is 1.33 bits per heavy atom. The van der Waals surface area contributed by atoms with Gasteiger partial charge in [0.15, 0.2) is 0 Å². The summed E-state index contributed by atoms with van der Waals surface area (Å²) in [5.41, 5.74) is 9.57. The maximum atomic E-state index is 5.57. The highest BCUT2D eigenvalue weighted by atomic mass is 15.1. The molecule has 0 unspecified atom stereocenters. The molecule has 0 saturated carbocycles. The highest BCUT2D eigenvalue weighted by Crippen LogP contribution is 2.24. The van der Waals surface area contributed by atoms with Gasteiger partial charge in [0.25, 0.3) is 0 Å². The summed E-state index contributed by atoms with van der Waals surface area (Å²) in [6.45, 7) is 8.19. The van der Waals surface area contributed by atoms with Crippen LogP contribution in [-0.4, -0.2) is 20.1 Å². The predicted molar refractivity (Wildman–Crippen MR) is 67.6 cm³/mol. The van der Waals surface area contributed by atoms with E-state index in [1.54, 1.807) is 0 Å². The first-order valence-corrected chi connectivity index (χ1v) is 5.58. The number of hydrogen-bond donors (Lipinski definition) is 1. The van der Waals surface area contributed by atoms with Crippen molar-refractivity contribution in [2.45, 2.75) is 26.7 Å². The van der Waals surface area contributed by atoms with Crippen LogP contribution in [0.25, 0.3) is 0 Å². The molecule has 0 heterocycles. The van der Waals surface area contributed by atoms with Gasteiger partial charge >= 0.3 is 0 Å². The number of nitrogens with two attached hydrogens (primary N) is 1. The summed E-state index contributed by atoms with van der Waals surface area (Å²) < 4.78 is 0. The van der Waals surface area contributed by atoms with Gasteiger partial charge < -0.3 is 10.6 Å². The van der Waals surface area contributed by atoms with E-state index in [1.165, 1.54) is 16.8 Å². The molecule has 1 rings (SSSR count). The summed E-state index contributed by atoms with van der Waals surface area (Å²) in [5, 5.41) is 0. The van der Waals surface area contributed by atoms with Crippen molar-refractivity contribution in [3.05, 3.63) is 29.3 Å². The first-order chi connectivity index (χ1) is 7.06. The van der Waals surface area contributed by atoms with E-state index in [0.29, 0.717) is 12.5 Å². The quantitative estimate of drug-likeness (QED) is 0.820. The van der Waals surface area contributed by atoms with E-state index in [1.807, 2.05) is 0 Å². The molecule has 0 amide bonds. The van der Waals surface area contributed by atoms with Crippen LogP contribution in [0.2, 0.25) is 0 Å². The van der Waals surface area contributed by atoms with Gasteiger partial charge in [-0.25, -0.2) is 0 Å². The fourth-order valence-corrected chi connectivity index (χ4v) is 1.71. The van der Waals surface area contributed by atoms with Crippen LogP contribution in [0.3, 0.4) is 0 Å². The zero-order valence-electron chi connectivity index (χ0n) is 10.2. The van der Waals surface area contributed by atoms with Crippen LogP contribution >= 0.6 is 0 Å². The third-order valence-corrected chi connectivity index (χ3v) is 2.78. The van der Waals surface area contributed by atoms with Crippen molar-refractivity contribution >= 4 is 5.69 Å². The minimum atomic E-state index is 0.579. The molecule has 0 spiro atoms. The molecule has 2 nitrogen and oxygen atoms in total. The monoisotopic (exact) mass is 206 g/mol. The first kappa shape index (κ1) is 12.1. The second-order valence-corrected chi connectivity index (χ2v) is 4.41. The third kappa shape index (κ3) is 2.96. The minimum absolute atomic E-state index is 0.579. The smallest absolute Gasteiger partial charge is 0.0396 e. The van der Waals surface area contributed by atoms with Crippen LogP contribution < -0.4 is 10.6 Å². The minimum Gasteiger partial charge on any atom is -0.373 e. The lowest BCUT2D eigenvalue weighted by Crippen LogP contribution is -2.25. The van der Waals surface area contributed by atoms with Crippen LogP contribution in [0.1, 0.15) is 30.9 Å². The Kier molecular flexibility index (Phi) is 4.15. The molecule has 15 heavy (non-hydrogen) atoms. The van der Waals surface area contributed by atoms with Gasteiger partial charge in [-0.15, -0.1) is 0 Å². The van der Waals surface area contributed by atoms with Gasteiger partial charge in [-0.2, -0.15) is 0 Å². The van der Waals surface area contributed by atoms with Crippen molar-refractivity contribution in [2.75, 3.05) is 25.0 Å². The van der Waals surface area contributed by atoms with Crippen molar-refractivity contribution < 1.29 is 0 Å². The van der Waals surface area contributed by atoms with E-state index < -0.39 is 0 Å². The summed E-state index contributed by atoms with van der Waals surface area (Å²) in [6, 6.07) is 6.67. The molecule has 1 aromatic rings. The lowest BCUT2D eigenvalue weighted by atomic mass is 10.0. The molecular formula is C13H22N2. The molecule has 0 aromatic heterocycles. The number of anilines is 1. The Morgan fingerprint density at radius 3 is 2.53 bits per heavy atom. The molecule has 0 radical (unpaired) electrons. The second-order valence-electron chi connectivity index (χ2n) is 4.41. The van der Waals surface area contributed by atoms with Gasteiger partial charge in [-0.1, -0.05) is 26.0 Å². The van der Waals surface area contributed by atoms with Crippen LogP contribution in [0, 0.1) is 6.92 Å². The Hall–Kier alpha value is -1.02. The van der Waals surface area contributed by atoms with Gasteiger partial charge in [0.2, 0.25) is 0 Å². The standard InChI is InChI=1S/C13H22N2/c1-10(2)12-6-5-11(3)13(9-12)15(4)8-7-14/h5-6,9-10H,7-8,14H2,1-4H3. The van der Waals surface area contributed by atoms with Crippen molar-refractivity contribution in [3.8, 4) is 0 Å². The van der Waals surface area contributed by atoms with E-state index in [9.17, 15) is 0 Å². The molecule has 1 aromatic carbocycles. The van der Waals surface area contributed by atoms with Gasteiger partial charge in [0, 0.05) is 25.8 Å². The predicted octanol–water partition coefficient (Wildman–Crippen LogP) is 2.51. The van der Waals surface area contributed by atoms with Crippen LogP contribution in [-0.2, 0) is 0 Å². The maximum absolute atomic E-state index is 5.57. The summed E-state index contributed by atoms with van der Waals surface area (Å²) in [6.07, 6.45) is 0. The van der Waals surface area contributed by atoms with Crippen LogP contribution in [0.5, 0.6) is 0 Å². The topological polar surface area (TPSA) is 29.3 Å². The summed E-state index contributed by atoms with van der Waals surface area (Å²) in [4.78, 5) is 2.22. The fraction of sp³-hybridized carbons (Fsp3) is 0.538. The fourth-order valence-electron chi connectivity index (χ4n) is 1.71. The lowest BCUT2D eigenvalue weighted by molar-refractivity contribution is 0.852. The maximum Gasteiger partial charge on any atom is 0.0396 e. The van der Waals surface area contributed by atoms with Crippen molar-refractivity contribution in [1.82, 2.24) is 0 Å². The SMILES string of the molecule is Cc1ccc(C(C)C)cc1N(C)CCN. The number of aryl methyl sites for hydroxylation is 1. The number of likely N-dealkylation sites (N-methyl/N-ethyl adjacent to an activating group) is 1. The zero-order valence-corrected chi connectivity index (χ0v) is 10.2. The Balaban J connectivity index is 2.99. The second kappa shape index (κ2) is 5.17. The number of benzene rings is 1. The normalized spacial score (nSPS) is 10.8. The van der Waals surface area contributed by atoms with E-state index in [0.717, 1.165) is 6.54 Å². The number of hydrogen-bond acceptors (Lipinski definition) is 2. The molecule has 0 bridgehead atoms. The summed E-state index contributed by atoms with van der Waals surface area (Å²) >= 11 is 0. The summed E-state index contributed by atoms with van der Waals surface area (Å²) in [5.74, 6) is 0.579. The van der Waals surface area contributed by atoms with E-state index >= 15 is 0 Å². The molecule has 0 saturated heterocycles. The molecule has 0 aliphatic heterocycles. The van der Waals surface area contributed by atoms with E-state index in [4.69, 9.17) is 5.73 Å². The van der Waals surface area contributed by atoms with Gasteiger partial charge in [-0.05, 0) is 30.0 Å². The molecule has 0 fully saturated rings. The molecule has 2 heteroatoms. The number of rotatable bonds is 4. The van der Waals surface area contributed by atoms with Gasteiger partial charge in [0.05, 0.1) is 0 Å². The van der Waals surface area contributed by atoms with Crippen molar-refractivity contribution in [3.63, 3.8) is 0 Å². The van der Waals surface area contributed by atoms with Crippen LogP contribution in [0.15, 0.2) is 18.2 Å². The average Bonchev–Trinajstić information content (AvgIpc) is 2.18. The van der Waals surface area contributed by atoms with Crippen molar-refractivity contribution in [2.24, 2.45) is 5.73 Å². The highest BCUT2D eigenvalue weighted by Gasteiger charge is 2.06. The molecule has 0 atom stereocenters. The molecule has 2 N–H and O–H groups in total. The largest absolute Gasteiger partial charge is 0.373 e. The summed E-state index contributed by atoms with van der Waals surface area (Å²) in [7, 11) is 2.10. The molecule has 0 aliphatic carbocycles. The van der Waals surface area contributed by atoms with Gasteiger partial charge in [0.1, 0.15) is 0 Å². The Labute approximate surface area is 93.1 Å². The number of nitrogens with zero attached hydrogens (tertiary/aromatic N) is 1. The molecular weight excluding hydrogens is 184 g/mol. The van der Waals surface area contributed by atoms with Gasteiger partial charge in [-0.3, -0.25) is 0 Å². The Bertz CT molecular complexity index is 318. The van der Waals surface area contributed by atoms with Crippen LogP contribution in [0.4, 0.5) is 5.69 Å².